The average Bonchev–Trinajstić information content (AvgIpc) is 3.14. The second kappa shape index (κ2) is 9.14. The zero-order chi connectivity index (χ0) is 20.7. The Bertz CT molecular complexity index is 940. The second-order valence-electron chi connectivity index (χ2n) is 5.95. The number of H-pyrrole nitrogens is 1. The largest absolute Gasteiger partial charge is 0.389 e. The first-order valence-corrected chi connectivity index (χ1v) is 8.57. The van der Waals surface area contributed by atoms with E-state index >= 15 is 0 Å². The van der Waals surface area contributed by atoms with Crippen molar-refractivity contribution in [2.45, 2.75) is 12.7 Å². The number of carbonyl (C=O) groups is 1. The summed E-state index contributed by atoms with van der Waals surface area (Å²) in [4.78, 5) is 11.9. The van der Waals surface area contributed by atoms with Crippen LogP contribution in [-0.2, 0) is 5.79 Å². The van der Waals surface area contributed by atoms with E-state index in [1.807, 2.05) is 6.07 Å². The van der Waals surface area contributed by atoms with Crippen LogP contribution in [0, 0.1) is 16.7 Å². The Morgan fingerprint density at radius 3 is 2.79 bits per heavy atom. The van der Waals surface area contributed by atoms with Gasteiger partial charge in [0.2, 0.25) is 5.79 Å². The fourth-order valence-electron chi connectivity index (χ4n) is 2.11. The molecule has 2 rings (SSSR count). The minimum absolute atomic E-state index is 0.0140. The van der Waals surface area contributed by atoms with Gasteiger partial charge in [-0.25, -0.2) is 0 Å². The van der Waals surface area contributed by atoms with Gasteiger partial charge in [-0.1, -0.05) is 17.7 Å². The summed E-state index contributed by atoms with van der Waals surface area (Å²) >= 11 is 5.95. The normalized spacial score (nSPS) is 11.2. The molecule has 0 saturated heterocycles. The minimum Gasteiger partial charge on any atom is -0.389 e. The molecule has 146 valence electrons. The van der Waals surface area contributed by atoms with Crippen molar-refractivity contribution in [2.24, 2.45) is 0 Å². The van der Waals surface area contributed by atoms with Gasteiger partial charge in [0.05, 0.1) is 22.0 Å². The summed E-state index contributed by atoms with van der Waals surface area (Å²) in [5.74, 6) is -2.56. The Kier molecular flexibility index (Phi) is 6.89. The highest BCUT2D eigenvalue weighted by atomic mass is 35.5. The van der Waals surface area contributed by atoms with E-state index in [4.69, 9.17) is 22.3 Å². The number of aliphatic hydroxyl groups is 2. The molecule has 10 heteroatoms. The van der Waals surface area contributed by atoms with Crippen LogP contribution in [0.15, 0.2) is 36.5 Å². The zero-order valence-corrected chi connectivity index (χ0v) is 15.7. The van der Waals surface area contributed by atoms with Crippen molar-refractivity contribution in [2.75, 3.05) is 13.1 Å². The van der Waals surface area contributed by atoms with Gasteiger partial charge in [0.25, 0.3) is 5.91 Å². The molecule has 0 spiro atoms. The van der Waals surface area contributed by atoms with Crippen LogP contribution >= 0.6 is 11.6 Å². The number of amides is 1. The number of benzene rings is 1. The Hall–Kier alpha value is -3.19. The van der Waals surface area contributed by atoms with Gasteiger partial charge in [-0.3, -0.25) is 9.89 Å². The molecular formula is C18H19ClN6O3. The van der Waals surface area contributed by atoms with Crippen molar-refractivity contribution in [3.8, 4) is 6.07 Å². The number of nitrogens with zero attached hydrogens (tertiary/aromatic N) is 2. The lowest BCUT2D eigenvalue weighted by atomic mass is 10.1. The standard InChI is InChI=1S/C18H19ClN6O3/c1-18(27,28)16-9-15(24-25-16)17(26)23-7-6-22-5-4-14(21)11-2-3-12(10-20)13(19)8-11/h2-5,8-9,21-22,27-28H,6-7H2,1H3,(H,23,26)(H,24,25)/b5-4-,21-14?. The summed E-state index contributed by atoms with van der Waals surface area (Å²) in [7, 11) is 0. The SMILES string of the molecule is CC(O)(O)c1cc(C(=O)NCCN/C=C\C(=N)c2ccc(C#N)c(Cl)c2)n[nH]1. The molecule has 0 aliphatic rings. The predicted molar refractivity (Wildman–Crippen MR) is 103 cm³/mol. The maximum absolute atomic E-state index is 11.9. The highest BCUT2D eigenvalue weighted by Gasteiger charge is 2.23. The van der Waals surface area contributed by atoms with Gasteiger partial charge in [-0.05, 0) is 37.4 Å². The Morgan fingerprint density at radius 1 is 1.43 bits per heavy atom. The monoisotopic (exact) mass is 402 g/mol. The maximum Gasteiger partial charge on any atom is 0.271 e. The fraction of sp³-hybridized carbons (Fsp3) is 0.222. The number of halogens is 1. The number of carbonyl (C=O) groups excluding carboxylic acids is 1. The van der Waals surface area contributed by atoms with Crippen LogP contribution in [0.1, 0.15) is 34.2 Å². The van der Waals surface area contributed by atoms with Crippen molar-refractivity contribution in [1.29, 1.82) is 10.7 Å². The first kappa shape index (κ1) is 21.1. The molecule has 0 unspecified atom stereocenters. The van der Waals surface area contributed by atoms with Crippen molar-refractivity contribution < 1.29 is 15.0 Å². The van der Waals surface area contributed by atoms with Crippen molar-refractivity contribution in [3.05, 3.63) is 64.1 Å². The lowest BCUT2D eigenvalue weighted by Crippen LogP contribution is -2.30. The number of hydrogen-bond acceptors (Lipinski definition) is 7. The van der Waals surface area contributed by atoms with Crippen molar-refractivity contribution in [3.63, 3.8) is 0 Å². The van der Waals surface area contributed by atoms with Crippen LogP contribution in [-0.4, -0.2) is 45.1 Å². The summed E-state index contributed by atoms with van der Waals surface area (Å²) in [6.45, 7) is 1.84. The topological polar surface area (TPSA) is 158 Å². The fourth-order valence-corrected chi connectivity index (χ4v) is 2.34. The molecule has 1 amide bonds. The summed E-state index contributed by atoms with van der Waals surface area (Å²) in [6, 6.07) is 7.96. The Labute approximate surface area is 166 Å². The predicted octanol–water partition coefficient (Wildman–Crippen LogP) is 0.993. The molecule has 28 heavy (non-hydrogen) atoms. The molecule has 0 bridgehead atoms. The van der Waals surface area contributed by atoms with Crippen LogP contribution < -0.4 is 10.6 Å². The number of nitrogens with one attached hydrogen (secondary N) is 4. The maximum atomic E-state index is 11.9. The number of nitriles is 1. The molecule has 1 aromatic carbocycles. The highest BCUT2D eigenvalue weighted by Crippen LogP contribution is 2.17. The number of aromatic amines is 1. The smallest absolute Gasteiger partial charge is 0.271 e. The molecular weight excluding hydrogens is 384 g/mol. The summed E-state index contributed by atoms with van der Waals surface area (Å²) in [5, 5.41) is 47.6. The van der Waals surface area contributed by atoms with E-state index in [0.29, 0.717) is 17.7 Å². The van der Waals surface area contributed by atoms with Gasteiger partial charge < -0.3 is 26.3 Å². The van der Waals surface area contributed by atoms with Crippen molar-refractivity contribution in [1.82, 2.24) is 20.8 Å². The third kappa shape index (κ3) is 5.65. The van der Waals surface area contributed by atoms with E-state index < -0.39 is 11.7 Å². The average molecular weight is 403 g/mol. The van der Waals surface area contributed by atoms with Gasteiger partial charge >= 0.3 is 0 Å². The molecule has 2 aromatic rings. The van der Waals surface area contributed by atoms with Gasteiger partial charge in [0.1, 0.15) is 11.8 Å². The van der Waals surface area contributed by atoms with Crippen LogP contribution in [0.4, 0.5) is 0 Å². The van der Waals surface area contributed by atoms with Gasteiger partial charge in [0.15, 0.2) is 0 Å². The summed E-state index contributed by atoms with van der Waals surface area (Å²) in [5.41, 5.74) is 1.19. The third-order valence-electron chi connectivity index (χ3n) is 3.64. The molecule has 1 heterocycles. The zero-order valence-electron chi connectivity index (χ0n) is 15.0. The number of aromatic nitrogens is 2. The van der Waals surface area contributed by atoms with Gasteiger partial charge in [0, 0.05) is 18.7 Å². The van der Waals surface area contributed by atoms with E-state index in [0.717, 1.165) is 6.92 Å². The number of allylic oxidation sites excluding steroid dienone is 1. The van der Waals surface area contributed by atoms with E-state index in [9.17, 15) is 15.0 Å². The van der Waals surface area contributed by atoms with Crippen LogP contribution in [0.2, 0.25) is 5.02 Å². The van der Waals surface area contributed by atoms with E-state index in [2.05, 4.69) is 20.8 Å². The van der Waals surface area contributed by atoms with E-state index in [1.54, 1.807) is 24.4 Å². The van der Waals surface area contributed by atoms with Crippen molar-refractivity contribution >= 4 is 23.2 Å². The highest BCUT2D eigenvalue weighted by molar-refractivity contribution is 6.32. The summed E-state index contributed by atoms with van der Waals surface area (Å²) in [6.07, 6.45) is 3.10. The summed E-state index contributed by atoms with van der Waals surface area (Å²) < 4.78 is 0. The first-order valence-electron chi connectivity index (χ1n) is 8.19. The van der Waals surface area contributed by atoms with Gasteiger partial charge in [-0.2, -0.15) is 10.4 Å². The molecule has 0 saturated carbocycles. The number of rotatable bonds is 8. The second-order valence-corrected chi connectivity index (χ2v) is 6.36. The van der Waals surface area contributed by atoms with E-state index in [1.165, 1.54) is 12.1 Å². The number of hydrogen-bond donors (Lipinski definition) is 6. The molecule has 0 radical (unpaired) electrons. The Balaban J connectivity index is 1.76. The lowest BCUT2D eigenvalue weighted by molar-refractivity contribution is -0.155. The quantitative estimate of drug-likeness (QED) is 0.219. The molecule has 1 aromatic heterocycles. The van der Waals surface area contributed by atoms with Crippen LogP contribution in [0.3, 0.4) is 0 Å². The third-order valence-corrected chi connectivity index (χ3v) is 3.96. The van der Waals surface area contributed by atoms with Gasteiger partial charge in [-0.15, -0.1) is 0 Å². The van der Waals surface area contributed by atoms with Crippen LogP contribution in [0.25, 0.3) is 0 Å². The molecule has 0 aliphatic carbocycles. The van der Waals surface area contributed by atoms with Crippen LogP contribution in [0.5, 0.6) is 0 Å². The molecule has 6 N–H and O–H groups in total. The first-order chi connectivity index (χ1) is 13.2. The molecule has 0 atom stereocenters. The molecule has 9 nitrogen and oxygen atoms in total. The Morgan fingerprint density at radius 2 is 2.18 bits per heavy atom. The van der Waals surface area contributed by atoms with E-state index in [-0.39, 0.29) is 28.7 Å². The molecule has 0 fully saturated rings. The molecule has 0 aliphatic heterocycles. The lowest BCUT2D eigenvalue weighted by Gasteiger charge is -2.11. The minimum atomic E-state index is -2.10.